The maximum atomic E-state index is 11.8. The summed E-state index contributed by atoms with van der Waals surface area (Å²) >= 11 is 0. The molecule has 1 aliphatic carbocycles. The predicted molar refractivity (Wildman–Crippen MR) is 66.4 cm³/mol. The zero-order chi connectivity index (χ0) is 11.7. The van der Waals surface area contributed by atoms with Crippen LogP contribution in [0.3, 0.4) is 0 Å². The maximum Gasteiger partial charge on any atom is 0.238 e. The molecule has 1 aromatic rings. The Morgan fingerprint density at radius 3 is 2.76 bits per heavy atom. The summed E-state index contributed by atoms with van der Waals surface area (Å²) in [7, 11) is 0. The van der Waals surface area contributed by atoms with Gasteiger partial charge in [0.05, 0.1) is 0 Å². The Bertz CT molecular complexity index is 400. The number of nitrogens with one attached hydrogen (secondary N) is 1. The molecule has 1 N–H and O–H groups in total. The van der Waals surface area contributed by atoms with Crippen LogP contribution < -0.4 is 5.32 Å². The van der Waals surface area contributed by atoms with Crippen molar-refractivity contribution in [1.29, 1.82) is 0 Å². The largest absolute Gasteiger partial charge is 0.354 e. The molecule has 0 bridgehead atoms. The van der Waals surface area contributed by atoms with Crippen molar-refractivity contribution in [3.63, 3.8) is 0 Å². The van der Waals surface area contributed by atoms with Crippen molar-refractivity contribution in [3.05, 3.63) is 35.9 Å². The van der Waals surface area contributed by atoms with E-state index >= 15 is 0 Å². The van der Waals surface area contributed by atoms with Gasteiger partial charge in [-0.15, -0.1) is 0 Å². The molecular formula is C14H18N2O. The van der Waals surface area contributed by atoms with Crippen LogP contribution in [-0.4, -0.2) is 29.9 Å². The first-order valence-corrected chi connectivity index (χ1v) is 6.38. The lowest BCUT2D eigenvalue weighted by Crippen LogP contribution is -2.31. The van der Waals surface area contributed by atoms with E-state index in [1.54, 1.807) is 0 Å². The van der Waals surface area contributed by atoms with Gasteiger partial charge < -0.3 is 5.32 Å². The summed E-state index contributed by atoms with van der Waals surface area (Å²) in [5, 5.41) is 3.04. The second-order valence-corrected chi connectivity index (χ2v) is 5.12. The smallest absolute Gasteiger partial charge is 0.238 e. The van der Waals surface area contributed by atoms with Crippen LogP contribution in [0.1, 0.15) is 18.4 Å². The molecule has 1 aromatic carbocycles. The van der Waals surface area contributed by atoms with E-state index in [0.717, 1.165) is 25.6 Å². The number of benzene rings is 1. The van der Waals surface area contributed by atoms with E-state index in [1.807, 2.05) is 18.2 Å². The maximum absolute atomic E-state index is 11.8. The summed E-state index contributed by atoms with van der Waals surface area (Å²) in [4.78, 5) is 14.0. The Labute approximate surface area is 102 Å². The van der Waals surface area contributed by atoms with Crippen LogP contribution in [0, 0.1) is 5.92 Å². The summed E-state index contributed by atoms with van der Waals surface area (Å²) < 4.78 is 0. The Hall–Kier alpha value is -1.35. The zero-order valence-electron chi connectivity index (χ0n) is 9.93. The summed E-state index contributed by atoms with van der Waals surface area (Å²) in [5.41, 5.74) is 1.28. The van der Waals surface area contributed by atoms with E-state index in [9.17, 15) is 4.79 Å². The van der Waals surface area contributed by atoms with Gasteiger partial charge in [-0.25, -0.2) is 0 Å². The first-order valence-electron chi connectivity index (χ1n) is 6.38. The van der Waals surface area contributed by atoms with Crippen molar-refractivity contribution in [3.8, 4) is 0 Å². The summed E-state index contributed by atoms with van der Waals surface area (Å²) in [6.07, 6.45) is 2.58. The van der Waals surface area contributed by atoms with Gasteiger partial charge in [0.25, 0.3) is 0 Å². The Kier molecular flexibility index (Phi) is 2.85. The summed E-state index contributed by atoms with van der Waals surface area (Å²) in [6, 6.07) is 10.4. The van der Waals surface area contributed by atoms with Gasteiger partial charge in [0.2, 0.25) is 5.91 Å². The van der Waals surface area contributed by atoms with Gasteiger partial charge >= 0.3 is 0 Å². The van der Waals surface area contributed by atoms with Gasteiger partial charge in [0, 0.05) is 19.6 Å². The number of hydrogen-bond donors (Lipinski definition) is 1. The highest BCUT2D eigenvalue weighted by Gasteiger charge is 2.40. The van der Waals surface area contributed by atoms with Crippen molar-refractivity contribution >= 4 is 5.91 Å². The quantitative estimate of drug-likeness (QED) is 0.775. The minimum Gasteiger partial charge on any atom is -0.354 e. The molecule has 1 amide bonds. The number of hydrogen-bond acceptors (Lipinski definition) is 2. The van der Waals surface area contributed by atoms with E-state index in [4.69, 9.17) is 0 Å². The van der Waals surface area contributed by atoms with Gasteiger partial charge in [0.1, 0.15) is 6.04 Å². The average molecular weight is 230 g/mol. The van der Waals surface area contributed by atoms with Gasteiger partial charge in [-0.05, 0) is 24.3 Å². The highest BCUT2D eigenvalue weighted by atomic mass is 16.2. The molecule has 1 saturated carbocycles. The van der Waals surface area contributed by atoms with Crippen molar-refractivity contribution in [2.75, 3.05) is 13.1 Å². The molecule has 2 fully saturated rings. The fourth-order valence-electron chi connectivity index (χ4n) is 2.10. The predicted octanol–water partition coefficient (Wildman–Crippen LogP) is 1.40. The molecule has 1 heterocycles. The molecule has 0 aromatic heterocycles. The lowest BCUT2D eigenvalue weighted by Gasteiger charge is -2.05. The molecule has 1 aliphatic heterocycles. The second kappa shape index (κ2) is 4.49. The minimum atomic E-state index is 0.119. The summed E-state index contributed by atoms with van der Waals surface area (Å²) in [5.74, 6) is 0.980. The van der Waals surface area contributed by atoms with Crippen molar-refractivity contribution < 1.29 is 4.79 Å². The first-order chi connectivity index (χ1) is 8.33. The number of rotatable bonds is 5. The summed E-state index contributed by atoms with van der Waals surface area (Å²) in [6.45, 7) is 2.68. The van der Waals surface area contributed by atoms with Crippen molar-refractivity contribution in [2.24, 2.45) is 5.92 Å². The van der Waals surface area contributed by atoms with E-state index in [0.29, 0.717) is 0 Å². The van der Waals surface area contributed by atoms with Crippen LogP contribution in [0.15, 0.2) is 30.3 Å². The van der Waals surface area contributed by atoms with Crippen LogP contribution in [0.4, 0.5) is 0 Å². The van der Waals surface area contributed by atoms with Crippen molar-refractivity contribution in [2.45, 2.75) is 25.4 Å². The van der Waals surface area contributed by atoms with Crippen LogP contribution in [0.25, 0.3) is 0 Å². The SMILES string of the molecule is O=C(NCC1CC1)C1CN1Cc1ccccc1. The van der Waals surface area contributed by atoms with Crippen LogP contribution in [0.5, 0.6) is 0 Å². The normalized spacial score (nSPS) is 26.6. The molecule has 2 aliphatic rings. The highest BCUT2D eigenvalue weighted by Crippen LogP contribution is 2.28. The molecule has 1 saturated heterocycles. The molecule has 3 rings (SSSR count). The molecule has 3 nitrogen and oxygen atoms in total. The molecule has 0 radical (unpaired) electrons. The van der Waals surface area contributed by atoms with E-state index in [2.05, 4.69) is 22.3 Å². The van der Waals surface area contributed by atoms with E-state index in [-0.39, 0.29) is 11.9 Å². The number of carbonyl (C=O) groups excluding carboxylic acids is 1. The Morgan fingerprint density at radius 1 is 1.29 bits per heavy atom. The third kappa shape index (κ3) is 2.86. The fourth-order valence-corrected chi connectivity index (χ4v) is 2.10. The van der Waals surface area contributed by atoms with Crippen LogP contribution in [0.2, 0.25) is 0 Å². The molecule has 2 atom stereocenters. The van der Waals surface area contributed by atoms with Gasteiger partial charge in [0.15, 0.2) is 0 Å². The third-order valence-corrected chi connectivity index (χ3v) is 3.51. The molecule has 0 spiro atoms. The third-order valence-electron chi connectivity index (χ3n) is 3.51. The lowest BCUT2D eigenvalue weighted by atomic mass is 10.2. The van der Waals surface area contributed by atoms with Gasteiger partial charge in [-0.3, -0.25) is 9.69 Å². The van der Waals surface area contributed by atoms with Gasteiger partial charge in [-0.1, -0.05) is 30.3 Å². The molecule has 3 heteroatoms. The molecule has 90 valence electrons. The standard InChI is InChI=1S/C14H18N2O/c17-14(15-8-11-6-7-11)13-10-16(13)9-12-4-2-1-3-5-12/h1-5,11,13H,6-10H2,(H,15,17). The Morgan fingerprint density at radius 2 is 2.06 bits per heavy atom. The lowest BCUT2D eigenvalue weighted by molar-refractivity contribution is -0.121. The highest BCUT2D eigenvalue weighted by molar-refractivity contribution is 5.84. The van der Waals surface area contributed by atoms with Crippen LogP contribution in [-0.2, 0) is 11.3 Å². The average Bonchev–Trinajstić information content (AvgIpc) is 3.23. The van der Waals surface area contributed by atoms with Crippen molar-refractivity contribution in [1.82, 2.24) is 10.2 Å². The number of nitrogens with zero attached hydrogens (tertiary/aromatic N) is 1. The van der Waals surface area contributed by atoms with E-state index < -0.39 is 0 Å². The zero-order valence-corrected chi connectivity index (χ0v) is 9.93. The number of amides is 1. The number of carbonyl (C=O) groups is 1. The molecular weight excluding hydrogens is 212 g/mol. The Balaban J connectivity index is 1.44. The fraction of sp³-hybridized carbons (Fsp3) is 0.500. The minimum absolute atomic E-state index is 0.119. The van der Waals surface area contributed by atoms with E-state index in [1.165, 1.54) is 18.4 Å². The van der Waals surface area contributed by atoms with Gasteiger partial charge in [-0.2, -0.15) is 0 Å². The topological polar surface area (TPSA) is 32.1 Å². The second-order valence-electron chi connectivity index (χ2n) is 5.12. The first kappa shape index (κ1) is 10.8. The molecule has 17 heavy (non-hydrogen) atoms. The monoisotopic (exact) mass is 230 g/mol. The van der Waals surface area contributed by atoms with Crippen LogP contribution >= 0.6 is 0 Å². The molecule has 2 unspecified atom stereocenters.